The lowest BCUT2D eigenvalue weighted by Crippen LogP contribution is -2.43. The summed E-state index contributed by atoms with van der Waals surface area (Å²) < 4.78 is 5.43. The first-order valence-corrected chi connectivity index (χ1v) is 10.0. The minimum atomic E-state index is 0.178. The molecule has 1 amide bonds. The first-order chi connectivity index (χ1) is 12.3. The van der Waals surface area contributed by atoms with E-state index in [1.807, 2.05) is 16.8 Å². The standard InChI is InChI=1S/C19H23N3O2S/c23-19(15-6-2-1-3-7-15)22-9-4-5-14(12-22)11-17-20-18(21-24-17)16-8-10-25-13-16/h1-2,8,10,13-15H,3-7,9,11-12H2. The van der Waals surface area contributed by atoms with Crippen LogP contribution in [-0.4, -0.2) is 34.0 Å². The first kappa shape index (κ1) is 16.5. The number of hydrogen-bond acceptors (Lipinski definition) is 5. The zero-order chi connectivity index (χ0) is 17.1. The van der Waals surface area contributed by atoms with Gasteiger partial charge in [-0.25, -0.2) is 0 Å². The van der Waals surface area contributed by atoms with Crippen molar-refractivity contribution in [2.75, 3.05) is 13.1 Å². The van der Waals surface area contributed by atoms with Gasteiger partial charge in [-0.05, 0) is 49.5 Å². The topological polar surface area (TPSA) is 59.2 Å². The molecule has 2 aromatic heterocycles. The van der Waals surface area contributed by atoms with Gasteiger partial charge in [-0.2, -0.15) is 16.3 Å². The Morgan fingerprint density at radius 3 is 3.12 bits per heavy atom. The highest BCUT2D eigenvalue weighted by atomic mass is 32.1. The van der Waals surface area contributed by atoms with Crippen molar-refractivity contribution in [3.8, 4) is 11.4 Å². The fraction of sp³-hybridized carbons (Fsp3) is 0.526. The highest BCUT2D eigenvalue weighted by Crippen LogP contribution is 2.26. The molecule has 2 unspecified atom stereocenters. The minimum absolute atomic E-state index is 0.178. The number of thiophene rings is 1. The van der Waals surface area contributed by atoms with E-state index >= 15 is 0 Å². The molecule has 2 atom stereocenters. The van der Waals surface area contributed by atoms with E-state index in [2.05, 4.69) is 27.2 Å². The number of allylic oxidation sites excluding steroid dienone is 2. The molecule has 5 nitrogen and oxygen atoms in total. The van der Waals surface area contributed by atoms with E-state index in [9.17, 15) is 4.79 Å². The fourth-order valence-corrected chi connectivity index (χ4v) is 4.44. The van der Waals surface area contributed by atoms with E-state index in [0.717, 1.165) is 57.2 Å². The van der Waals surface area contributed by atoms with Crippen LogP contribution in [0.5, 0.6) is 0 Å². The van der Waals surface area contributed by atoms with Crippen LogP contribution < -0.4 is 0 Å². The zero-order valence-corrected chi connectivity index (χ0v) is 15.1. The highest BCUT2D eigenvalue weighted by Gasteiger charge is 2.29. The molecule has 0 N–H and O–H groups in total. The van der Waals surface area contributed by atoms with Crippen molar-refractivity contribution >= 4 is 17.2 Å². The lowest BCUT2D eigenvalue weighted by Gasteiger charge is -2.35. The van der Waals surface area contributed by atoms with E-state index in [-0.39, 0.29) is 5.92 Å². The molecule has 6 heteroatoms. The van der Waals surface area contributed by atoms with Gasteiger partial charge in [-0.15, -0.1) is 0 Å². The highest BCUT2D eigenvalue weighted by molar-refractivity contribution is 7.08. The molecule has 0 bridgehead atoms. The van der Waals surface area contributed by atoms with E-state index < -0.39 is 0 Å². The molecule has 25 heavy (non-hydrogen) atoms. The third kappa shape index (κ3) is 3.84. The maximum absolute atomic E-state index is 12.8. The molecule has 4 rings (SSSR count). The normalized spacial score (nSPS) is 23.8. The molecular weight excluding hydrogens is 334 g/mol. The summed E-state index contributed by atoms with van der Waals surface area (Å²) in [7, 11) is 0. The second-order valence-electron chi connectivity index (χ2n) is 7.00. The number of carbonyl (C=O) groups is 1. The molecule has 1 fully saturated rings. The predicted octanol–water partition coefficient (Wildman–Crippen LogP) is 3.94. The van der Waals surface area contributed by atoms with Gasteiger partial charge < -0.3 is 9.42 Å². The Balaban J connectivity index is 1.36. The number of carbonyl (C=O) groups excluding carboxylic acids is 1. The van der Waals surface area contributed by atoms with Crippen molar-refractivity contribution in [1.82, 2.24) is 15.0 Å². The zero-order valence-electron chi connectivity index (χ0n) is 14.3. The van der Waals surface area contributed by atoms with Gasteiger partial charge >= 0.3 is 0 Å². The predicted molar refractivity (Wildman–Crippen MR) is 97.1 cm³/mol. The Morgan fingerprint density at radius 2 is 2.32 bits per heavy atom. The van der Waals surface area contributed by atoms with Gasteiger partial charge in [0.25, 0.3) is 0 Å². The number of hydrogen-bond donors (Lipinski definition) is 0. The molecule has 1 saturated heterocycles. The van der Waals surface area contributed by atoms with Crippen molar-refractivity contribution in [3.05, 3.63) is 34.9 Å². The molecule has 0 saturated carbocycles. The van der Waals surface area contributed by atoms with E-state index in [0.29, 0.717) is 23.5 Å². The summed E-state index contributed by atoms with van der Waals surface area (Å²) in [6.07, 6.45) is 10.2. The maximum Gasteiger partial charge on any atom is 0.227 e. The van der Waals surface area contributed by atoms with Crippen LogP contribution in [0, 0.1) is 11.8 Å². The van der Waals surface area contributed by atoms with Crippen LogP contribution in [0.25, 0.3) is 11.4 Å². The Hall–Kier alpha value is -1.95. The SMILES string of the molecule is O=C(C1CC=CCC1)N1CCCC(Cc2nc(-c3ccsc3)no2)C1. The number of amides is 1. The fourth-order valence-electron chi connectivity index (χ4n) is 3.80. The first-order valence-electron chi connectivity index (χ1n) is 9.08. The number of piperidine rings is 1. The summed E-state index contributed by atoms with van der Waals surface area (Å²) in [5.74, 6) is 2.26. The second kappa shape index (κ2) is 7.52. The third-order valence-electron chi connectivity index (χ3n) is 5.16. The summed E-state index contributed by atoms with van der Waals surface area (Å²) in [6, 6.07) is 2.00. The van der Waals surface area contributed by atoms with E-state index in [4.69, 9.17) is 4.52 Å². The van der Waals surface area contributed by atoms with Gasteiger partial charge in [0.1, 0.15) is 0 Å². The molecule has 1 aliphatic carbocycles. The minimum Gasteiger partial charge on any atom is -0.342 e. The van der Waals surface area contributed by atoms with Crippen molar-refractivity contribution in [2.24, 2.45) is 11.8 Å². The quantitative estimate of drug-likeness (QED) is 0.778. The molecule has 2 aromatic rings. The van der Waals surface area contributed by atoms with Crippen LogP contribution in [-0.2, 0) is 11.2 Å². The Morgan fingerprint density at radius 1 is 1.36 bits per heavy atom. The summed E-state index contributed by atoms with van der Waals surface area (Å²) in [5.41, 5.74) is 1.01. The molecule has 1 aliphatic heterocycles. The monoisotopic (exact) mass is 357 g/mol. The van der Waals surface area contributed by atoms with Crippen LogP contribution in [0.3, 0.4) is 0 Å². The summed E-state index contributed by atoms with van der Waals surface area (Å²) in [6.45, 7) is 1.70. The maximum atomic E-state index is 12.8. The van der Waals surface area contributed by atoms with Gasteiger partial charge in [0.15, 0.2) is 0 Å². The van der Waals surface area contributed by atoms with Crippen molar-refractivity contribution in [3.63, 3.8) is 0 Å². The Kier molecular flexibility index (Phi) is 4.97. The van der Waals surface area contributed by atoms with Crippen molar-refractivity contribution in [2.45, 2.75) is 38.5 Å². The molecule has 3 heterocycles. The lowest BCUT2D eigenvalue weighted by atomic mass is 9.90. The van der Waals surface area contributed by atoms with Crippen LogP contribution >= 0.6 is 11.3 Å². The number of likely N-dealkylation sites (tertiary alicyclic amines) is 1. The smallest absolute Gasteiger partial charge is 0.227 e. The number of rotatable bonds is 4. The van der Waals surface area contributed by atoms with Gasteiger partial charge in [-0.3, -0.25) is 4.79 Å². The molecule has 0 aromatic carbocycles. The number of aromatic nitrogens is 2. The van der Waals surface area contributed by atoms with Gasteiger partial charge in [0.05, 0.1) is 0 Å². The van der Waals surface area contributed by atoms with Crippen molar-refractivity contribution < 1.29 is 9.32 Å². The van der Waals surface area contributed by atoms with Crippen LogP contribution in [0.2, 0.25) is 0 Å². The largest absolute Gasteiger partial charge is 0.342 e. The van der Waals surface area contributed by atoms with Crippen LogP contribution in [0.1, 0.15) is 38.0 Å². The van der Waals surface area contributed by atoms with E-state index in [1.54, 1.807) is 11.3 Å². The Labute approximate surface area is 151 Å². The molecule has 0 spiro atoms. The van der Waals surface area contributed by atoms with Crippen molar-refractivity contribution in [1.29, 1.82) is 0 Å². The molecule has 0 radical (unpaired) electrons. The summed E-state index contributed by atoms with van der Waals surface area (Å²) >= 11 is 1.63. The molecule has 132 valence electrons. The second-order valence-corrected chi connectivity index (χ2v) is 7.78. The molecular formula is C19H23N3O2S. The van der Waals surface area contributed by atoms with Gasteiger partial charge in [-0.1, -0.05) is 17.3 Å². The van der Waals surface area contributed by atoms with Gasteiger partial charge in [0.2, 0.25) is 17.6 Å². The summed E-state index contributed by atoms with van der Waals surface area (Å²) in [5, 5.41) is 8.12. The van der Waals surface area contributed by atoms with E-state index in [1.165, 1.54) is 0 Å². The molecule has 2 aliphatic rings. The average molecular weight is 357 g/mol. The Bertz CT molecular complexity index is 738. The van der Waals surface area contributed by atoms with Gasteiger partial charge in [0, 0.05) is 36.4 Å². The van der Waals surface area contributed by atoms with Crippen LogP contribution in [0.4, 0.5) is 0 Å². The number of nitrogens with zero attached hydrogens (tertiary/aromatic N) is 3. The summed E-state index contributed by atoms with van der Waals surface area (Å²) in [4.78, 5) is 19.3. The van der Waals surface area contributed by atoms with Crippen LogP contribution in [0.15, 0.2) is 33.5 Å². The third-order valence-corrected chi connectivity index (χ3v) is 5.84. The average Bonchev–Trinajstić information content (AvgIpc) is 3.34. The lowest BCUT2D eigenvalue weighted by molar-refractivity contribution is -0.137.